The summed E-state index contributed by atoms with van der Waals surface area (Å²) in [6.07, 6.45) is 7.05. The molecule has 2 N–H and O–H groups in total. The van der Waals surface area contributed by atoms with E-state index in [1.807, 2.05) is 50.5 Å². The Kier molecular flexibility index (Phi) is 9.05. The molecule has 0 fully saturated rings. The number of rotatable bonds is 10. The number of carbonyl (C=O) groups is 1. The molecule has 1 heterocycles. The van der Waals surface area contributed by atoms with Crippen LogP contribution in [0.4, 0.5) is 10.5 Å². The molecule has 7 heteroatoms. The smallest absolute Gasteiger partial charge is 0.410 e. The maximum Gasteiger partial charge on any atom is 0.412 e. The zero-order chi connectivity index (χ0) is 25.5. The van der Waals surface area contributed by atoms with Crippen molar-refractivity contribution in [2.24, 2.45) is 0 Å². The molecule has 1 aromatic heterocycles. The Morgan fingerprint density at radius 3 is 2.72 bits per heavy atom. The number of anilines is 1. The second-order valence-electron chi connectivity index (χ2n) is 9.80. The standard InChI is InChI=1S/C29H37ClN4O2/c1-20(34(2)3)21-10-9-11-23(18-21)36-29(35)32-17-8-4-7-16-31-28-24-12-5-6-13-26(24)33-27-19-22(30)14-15-25(27)28/h9-11,14-15,18-20H,4-8,12-13,16-17H2,1-3H3,(H,31,33)(H,32,35)/t20-/m0/s1. The first-order chi connectivity index (χ1) is 17.4. The van der Waals surface area contributed by atoms with Crippen molar-refractivity contribution in [3.8, 4) is 5.75 Å². The molecule has 2 aromatic carbocycles. The van der Waals surface area contributed by atoms with E-state index in [1.165, 1.54) is 29.8 Å². The third-order valence-electron chi connectivity index (χ3n) is 6.98. The van der Waals surface area contributed by atoms with Crippen molar-refractivity contribution in [1.82, 2.24) is 15.2 Å². The lowest BCUT2D eigenvalue weighted by Crippen LogP contribution is -2.27. The molecule has 6 nitrogen and oxygen atoms in total. The predicted octanol–water partition coefficient (Wildman–Crippen LogP) is 6.76. The first-order valence-electron chi connectivity index (χ1n) is 13.0. The molecule has 3 aromatic rings. The molecule has 1 aliphatic rings. The molecular weight excluding hydrogens is 472 g/mol. The second kappa shape index (κ2) is 12.4. The van der Waals surface area contributed by atoms with Gasteiger partial charge in [-0.05, 0) is 107 Å². The number of hydrogen-bond donors (Lipinski definition) is 2. The molecule has 0 saturated carbocycles. The van der Waals surface area contributed by atoms with Crippen molar-refractivity contribution >= 4 is 34.3 Å². The van der Waals surface area contributed by atoms with Crippen LogP contribution >= 0.6 is 11.6 Å². The molecule has 0 saturated heterocycles. The van der Waals surface area contributed by atoms with E-state index in [1.54, 1.807) is 0 Å². The van der Waals surface area contributed by atoms with E-state index in [0.717, 1.165) is 60.1 Å². The molecule has 4 rings (SSSR count). The summed E-state index contributed by atoms with van der Waals surface area (Å²) in [6, 6.07) is 13.9. The van der Waals surface area contributed by atoms with E-state index in [2.05, 4.69) is 28.5 Å². The van der Waals surface area contributed by atoms with Crippen molar-refractivity contribution in [3.63, 3.8) is 0 Å². The highest BCUT2D eigenvalue weighted by Crippen LogP contribution is 2.34. The maximum absolute atomic E-state index is 12.2. The Balaban J connectivity index is 1.22. The Hall–Kier alpha value is -2.83. The number of aryl methyl sites for hydroxylation is 1. The summed E-state index contributed by atoms with van der Waals surface area (Å²) in [6.45, 7) is 3.60. The molecule has 0 radical (unpaired) electrons. The quantitative estimate of drug-likeness (QED) is 0.296. The van der Waals surface area contributed by atoms with Gasteiger partial charge in [-0.25, -0.2) is 4.79 Å². The predicted molar refractivity (Wildman–Crippen MR) is 148 cm³/mol. The van der Waals surface area contributed by atoms with Gasteiger partial charge < -0.3 is 20.3 Å². The number of carbonyl (C=O) groups excluding carboxylic acids is 1. The number of amides is 1. The number of nitrogens with zero attached hydrogens (tertiary/aromatic N) is 2. The molecule has 0 aliphatic heterocycles. The number of benzene rings is 2. The average Bonchev–Trinajstić information content (AvgIpc) is 2.87. The van der Waals surface area contributed by atoms with Crippen LogP contribution in [-0.4, -0.2) is 43.2 Å². The minimum absolute atomic E-state index is 0.249. The number of hydrogen-bond acceptors (Lipinski definition) is 5. The summed E-state index contributed by atoms with van der Waals surface area (Å²) in [5, 5.41) is 8.43. The molecule has 36 heavy (non-hydrogen) atoms. The number of fused-ring (bicyclic) bond motifs is 2. The monoisotopic (exact) mass is 508 g/mol. The molecule has 1 aliphatic carbocycles. The van der Waals surface area contributed by atoms with Gasteiger partial charge in [0.25, 0.3) is 0 Å². The Morgan fingerprint density at radius 2 is 1.89 bits per heavy atom. The SMILES string of the molecule is C[C@@H](c1cccc(OC(=O)NCCCCCNc2c3c(nc4cc(Cl)ccc24)CCCC3)c1)N(C)C. The number of halogens is 1. The Morgan fingerprint density at radius 1 is 1.08 bits per heavy atom. The Bertz CT molecular complexity index is 1200. The summed E-state index contributed by atoms with van der Waals surface area (Å²) in [5.74, 6) is 0.567. The van der Waals surface area contributed by atoms with Gasteiger partial charge in [-0.2, -0.15) is 0 Å². The summed E-state index contributed by atoms with van der Waals surface area (Å²) in [7, 11) is 4.06. The van der Waals surface area contributed by atoms with E-state index >= 15 is 0 Å². The molecule has 0 unspecified atom stereocenters. The van der Waals surface area contributed by atoms with Gasteiger partial charge in [0.05, 0.1) is 5.52 Å². The molecule has 1 amide bonds. The van der Waals surface area contributed by atoms with Crippen LogP contribution < -0.4 is 15.4 Å². The Labute approximate surface area is 219 Å². The van der Waals surface area contributed by atoms with Crippen molar-refractivity contribution in [2.45, 2.75) is 57.9 Å². The molecular formula is C29H37ClN4O2. The topological polar surface area (TPSA) is 66.5 Å². The fraction of sp³-hybridized carbons (Fsp3) is 0.448. The van der Waals surface area contributed by atoms with Crippen LogP contribution in [0.5, 0.6) is 5.75 Å². The lowest BCUT2D eigenvalue weighted by atomic mass is 9.92. The van der Waals surface area contributed by atoms with E-state index in [4.69, 9.17) is 21.3 Å². The highest BCUT2D eigenvalue weighted by molar-refractivity contribution is 6.31. The lowest BCUT2D eigenvalue weighted by Gasteiger charge is -2.22. The van der Waals surface area contributed by atoms with Crippen molar-refractivity contribution < 1.29 is 9.53 Å². The molecule has 0 bridgehead atoms. The van der Waals surface area contributed by atoms with Gasteiger partial charge in [-0.15, -0.1) is 0 Å². The average molecular weight is 509 g/mol. The van der Waals surface area contributed by atoms with Gasteiger partial charge in [0.15, 0.2) is 0 Å². The number of nitrogens with one attached hydrogen (secondary N) is 2. The van der Waals surface area contributed by atoms with Crippen LogP contribution in [0.3, 0.4) is 0 Å². The van der Waals surface area contributed by atoms with Crippen LogP contribution in [0.1, 0.15) is 61.9 Å². The largest absolute Gasteiger partial charge is 0.412 e. The van der Waals surface area contributed by atoms with Crippen LogP contribution in [0.25, 0.3) is 10.9 Å². The van der Waals surface area contributed by atoms with Gasteiger partial charge in [-0.3, -0.25) is 4.98 Å². The summed E-state index contributed by atoms with van der Waals surface area (Å²) >= 11 is 6.23. The number of ether oxygens (including phenoxy) is 1. The zero-order valence-corrected chi connectivity index (χ0v) is 22.3. The van der Waals surface area contributed by atoms with E-state index in [-0.39, 0.29) is 6.04 Å². The zero-order valence-electron chi connectivity index (χ0n) is 21.6. The fourth-order valence-electron chi connectivity index (χ4n) is 4.71. The van der Waals surface area contributed by atoms with Gasteiger partial charge in [0, 0.05) is 40.9 Å². The third kappa shape index (κ3) is 6.68. The van der Waals surface area contributed by atoms with Crippen molar-refractivity contribution in [2.75, 3.05) is 32.5 Å². The molecule has 0 spiro atoms. The normalized spacial score (nSPS) is 13.9. The van der Waals surface area contributed by atoms with Crippen LogP contribution in [-0.2, 0) is 12.8 Å². The number of pyridine rings is 1. The van der Waals surface area contributed by atoms with Gasteiger partial charge in [-0.1, -0.05) is 23.7 Å². The number of aromatic nitrogens is 1. The number of unbranched alkanes of at least 4 members (excludes halogenated alkanes) is 2. The first kappa shape index (κ1) is 26.2. The van der Waals surface area contributed by atoms with Crippen molar-refractivity contribution in [3.05, 3.63) is 64.3 Å². The lowest BCUT2D eigenvalue weighted by molar-refractivity contribution is 0.200. The fourth-order valence-corrected chi connectivity index (χ4v) is 4.88. The van der Waals surface area contributed by atoms with Crippen molar-refractivity contribution in [1.29, 1.82) is 0 Å². The van der Waals surface area contributed by atoms with E-state index in [0.29, 0.717) is 12.3 Å². The van der Waals surface area contributed by atoms with Crippen LogP contribution in [0.15, 0.2) is 42.5 Å². The first-order valence-corrected chi connectivity index (χ1v) is 13.4. The summed E-state index contributed by atoms with van der Waals surface area (Å²) in [5.41, 5.74) is 5.88. The van der Waals surface area contributed by atoms with Crippen LogP contribution in [0.2, 0.25) is 5.02 Å². The van der Waals surface area contributed by atoms with Gasteiger partial charge in [0.2, 0.25) is 0 Å². The van der Waals surface area contributed by atoms with Crippen LogP contribution in [0, 0.1) is 0 Å². The summed E-state index contributed by atoms with van der Waals surface area (Å²) in [4.78, 5) is 19.2. The molecule has 1 atom stereocenters. The highest BCUT2D eigenvalue weighted by Gasteiger charge is 2.18. The van der Waals surface area contributed by atoms with Gasteiger partial charge >= 0.3 is 6.09 Å². The van der Waals surface area contributed by atoms with E-state index < -0.39 is 6.09 Å². The molecule has 192 valence electrons. The van der Waals surface area contributed by atoms with E-state index in [9.17, 15) is 4.79 Å². The highest BCUT2D eigenvalue weighted by atomic mass is 35.5. The second-order valence-corrected chi connectivity index (χ2v) is 10.2. The minimum Gasteiger partial charge on any atom is -0.410 e. The third-order valence-corrected chi connectivity index (χ3v) is 7.21. The maximum atomic E-state index is 12.2. The minimum atomic E-state index is -0.406. The van der Waals surface area contributed by atoms with Gasteiger partial charge in [0.1, 0.15) is 5.75 Å². The summed E-state index contributed by atoms with van der Waals surface area (Å²) < 4.78 is 5.48.